The Morgan fingerprint density at radius 2 is 2.25 bits per heavy atom. The molecule has 1 aliphatic rings. The number of aromatic nitrogens is 2. The molecule has 3 heterocycles. The van der Waals surface area contributed by atoms with E-state index in [1.807, 2.05) is 31.7 Å². The summed E-state index contributed by atoms with van der Waals surface area (Å²) in [5, 5.41) is 4.89. The topological polar surface area (TPSA) is 85.2 Å². The van der Waals surface area contributed by atoms with Crippen LogP contribution in [0.5, 0.6) is 0 Å². The van der Waals surface area contributed by atoms with Gasteiger partial charge in [-0.25, -0.2) is 4.98 Å². The molecule has 1 amide bonds. The van der Waals surface area contributed by atoms with Crippen molar-refractivity contribution in [3.05, 3.63) is 23.0 Å². The maximum absolute atomic E-state index is 13.3. The van der Waals surface area contributed by atoms with Crippen LogP contribution in [0.2, 0.25) is 0 Å². The van der Waals surface area contributed by atoms with Gasteiger partial charge in [0.05, 0.1) is 16.6 Å². The molecule has 2 atom stereocenters. The summed E-state index contributed by atoms with van der Waals surface area (Å²) in [7, 11) is 0. The predicted octanol–water partition coefficient (Wildman–Crippen LogP) is 2.85. The zero-order valence-corrected chi connectivity index (χ0v) is 14.9. The van der Waals surface area contributed by atoms with Crippen LogP contribution in [-0.2, 0) is 0 Å². The van der Waals surface area contributed by atoms with Crippen LogP contribution in [-0.4, -0.2) is 40.1 Å². The average molecular weight is 330 g/mol. The molecule has 0 spiro atoms. The maximum Gasteiger partial charge on any atom is 0.259 e. The molecule has 0 aromatic carbocycles. The summed E-state index contributed by atoms with van der Waals surface area (Å²) in [4.78, 5) is 19.6. The number of piperidine rings is 1. The summed E-state index contributed by atoms with van der Waals surface area (Å²) >= 11 is 0. The summed E-state index contributed by atoms with van der Waals surface area (Å²) in [6.45, 7) is 9.40. The molecule has 6 nitrogen and oxygen atoms in total. The molecule has 0 saturated carbocycles. The highest BCUT2D eigenvalue weighted by Crippen LogP contribution is 2.30. The van der Waals surface area contributed by atoms with E-state index in [1.165, 1.54) is 0 Å². The number of fused-ring (bicyclic) bond motifs is 1. The van der Waals surface area contributed by atoms with E-state index >= 15 is 0 Å². The molecule has 2 N–H and O–H groups in total. The first-order valence-corrected chi connectivity index (χ1v) is 8.70. The van der Waals surface area contributed by atoms with Gasteiger partial charge in [0.1, 0.15) is 0 Å². The van der Waals surface area contributed by atoms with E-state index < -0.39 is 0 Å². The minimum Gasteiger partial charge on any atom is -0.335 e. The van der Waals surface area contributed by atoms with E-state index in [0.29, 0.717) is 23.7 Å². The molecular formula is C18H26N4O2. The van der Waals surface area contributed by atoms with Crippen LogP contribution in [0.3, 0.4) is 0 Å². The van der Waals surface area contributed by atoms with Crippen molar-refractivity contribution in [2.24, 2.45) is 11.7 Å². The number of carbonyl (C=O) groups excluding carboxylic acids is 1. The van der Waals surface area contributed by atoms with E-state index in [1.54, 1.807) is 0 Å². The molecule has 0 aliphatic carbocycles. The van der Waals surface area contributed by atoms with E-state index in [4.69, 9.17) is 10.3 Å². The lowest BCUT2D eigenvalue weighted by molar-refractivity contribution is 0.0575. The number of aryl methyl sites for hydroxylation is 1. The minimum absolute atomic E-state index is 0.0120. The van der Waals surface area contributed by atoms with Crippen molar-refractivity contribution in [3.63, 3.8) is 0 Å². The molecule has 1 aliphatic heterocycles. The van der Waals surface area contributed by atoms with Gasteiger partial charge in [-0.15, -0.1) is 0 Å². The van der Waals surface area contributed by atoms with Crippen molar-refractivity contribution < 1.29 is 9.32 Å². The second-order valence-corrected chi connectivity index (χ2v) is 7.23. The predicted molar refractivity (Wildman–Crippen MR) is 92.9 cm³/mol. The molecule has 0 radical (unpaired) electrons. The van der Waals surface area contributed by atoms with Crippen LogP contribution >= 0.6 is 0 Å². The number of nitrogens with two attached hydrogens (primary N) is 1. The van der Waals surface area contributed by atoms with E-state index in [-0.39, 0.29) is 17.9 Å². The van der Waals surface area contributed by atoms with Gasteiger partial charge in [-0.05, 0) is 37.7 Å². The Bertz CT molecular complexity index is 753. The number of pyridine rings is 1. The average Bonchev–Trinajstić information content (AvgIpc) is 2.97. The smallest absolute Gasteiger partial charge is 0.259 e. The molecule has 3 rings (SSSR count). The Hall–Kier alpha value is -1.95. The van der Waals surface area contributed by atoms with Crippen LogP contribution in [0.15, 0.2) is 10.6 Å². The number of likely N-dealkylation sites (tertiary alicyclic amines) is 1. The zero-order chi connectivity index (χ0) is 17.4. The highest BCUT2D eigenvalue weighted by atomic mass is 16.5. The third-order valence-corrected chi connectivity index (χ3v) is 4.89. The number of hydrogen-bond acceptors (Lipinski definition) is 5. The minimum atomic E-state index is 0.0120. The van der Waals surface area contributed by atoms with Gasteiger partial charge in [-0.2, -0.15) is 0 Å². The van der Waals surface area contributed by atoms with Crippen LogP contribution < -0.4 is 5.73 Å². The Labute approximate surface area is 142 Å². The number of hydrogen-bond donors (Lipinski definition) is 1. The Balaban J connectivity index is 2.07. The first-order chi connectivity index (χ1) is 11.4. The second kappa shape index (κ2) is 6.51. The lowest BCUT2D eigenvalue weighted by Crippen LogP contribution is -2.49. The van der Waals surface area contributed by atoms with Crippen LogP contribution in [0.25, 0.3) is 11.1 Å². The van der Waals surface area contributed by atoms with Crippen LogP contribution in [0, 0.1) is 12.8 Å². The third-order valence-electron chi connectivity index (χ3n) is 4.89. The number of rotatable bonds is 3. The van der Waals surface area contributed by atoms with Crippen molar-refractivity contribution in [3.8, 4) is 0 Å². The molecule has 2 aromatic rings. The fourth-order valence-electron chi connectivity index (χ4n) is 3.56. The van der Waals surface area contributed by atoms with Crippen molar-refractivity contribution in [2.45, 2.75) is 52.5 Å². The van der Waals surface area contributed by atoms with Crippen LogP contribution in [0.4, 0.5) is 0 Å². The first kappa shape index (κ1) is 16.9. The van der Waals surface area contributed by atoms with Gasteiger partial charge in [-0.3, -0.25) is 4.79 Å². The molecule has 0 bridgehead atoms. The van der Waals surface area contributed by atoms with E-state index in [2.05, 4.69) is 17.1 Å². The van der Waals surface area contributed by atoms with Crippen molar-refractivity contribution in [2.75, 3.05) is 13.1 Å². The largest absolute Gasteiger partial charge is 0.335 e. The molecule has 1 fully saturated rings. The quantitative estimate of drug-likeness (QED) is 0.935. The lowest BCUT2D eigenvalue weighted by Gasteiger charge is -2.38. The van der Waals surface area contributed by atoms with Gasteiger partial charge < -0.3 is 15.2 Å². The summed E-state index contributed by atoms with van der Waals surface area (Å²) < 4.78 is 5.38. The summed E-state index contributed by atoms with van der Waals surface area (Å²) in [5.74, 6) is 0.774. The fourth-order valence-corrected chi connectivity index (χ4v) is 3.56. The van der Waals surface area contributed by atoms with Gasteiger partial charge in [0.25, 0.3) is 11.6 Å². The molecule has 2 unspecified atom stereocenters. The van der Waals surface area contributed by atoms with Crippen molar-refractivity contribution >= 4 is 17.0 Å². The SMILES string of the molecule is Cc1cc(C(=O)N2CCC(C)CC2CN)c2c(C(C)C)noc2n1. The second-order valence-electron chi connectivity index (χ2n) is 7.23. The molecular weight excluding hydrogens is 304 g/mol. The summed E-state index contributed by atoms with van der Waals surface area (Å²) in [6.07, 6.45) is 1.96. The van der Waals surface area contributed by atoms with E-state index in [0.717, 1.165) is 36.2 Å². The number of nitrogens with zero attached hydrogens (tertiary/aromatic N) is 3. The number of amides is 1. The van der Waals surface area contributed by atoms with Crippen molar-refractivity contribution in [1.82, 2.24) is 15.0 Å². The number of carbonyl (C=O) groups is 1. The highest BCUT2D eigenvalue weighted by molar-refractivity contribution is 6.06. The monoisotopic (exact) mass is 330 g/mol. The summed E-state index contributed by atoms with van der Waals surface area (Å²) in [6, 6.07) is 1.94. The van der Waals surface area contributed by atoms with Crippen molar-refractivity contribution in [1.29, 1.82) is 0 Å². The summed E-state index contributed by atoms with van der Waals surface area (Å²) in [5.41, 5.74) is 8.56. The Kier molecular flexibility index (Phi) is 4.58. The standard InChI is InChI=1S/C18H26N4O2/c1-10(2)16-15-14(8-12(4)20-17(15)24-21-16)18(23)22-6-5-11(3)7-13(22)9-19/h8,10-11,13H,5-7,9,19H2,1-4H3. The zero-order valence-electron chi connectivity index (χ0n) is 14.9. The van der Waals surface area contributed by atoms with Gasteiger partial charge in [-0.1, -0.05) is 25.9 Å². The maximum atomic E-state index is 13.3. The third kappa shape index (κ3) is 2.90. The highest BCUT2D eigenvalue weighted by Gasteiger charge is 2.32. The van der Waals surface area contributed by atoms with Gasteiger partial charge in [0.2, 0.25) is 0 Å². The fraction of sp³-hybridized carbons (Fsp3) is 0.611. The normalized spacial score (nSPS) is 21.7. The van der Waals surface area contributed by atoms with Gasteiger partial charge >= 0.3 is 0 Å². The van der Waals surface area contributed by atoms with E-state index in [9.17, 15) is 4.79 Å². The molecule has 2 aromatic heterocycles. The molecule has 6 heteroatoms. The first-order valence-electron chi connectivity index (χ1n) is 8.70. The molecule has 24 heavy (non-hydrogen) atoms. The van der Waals surface area contributed by atoms with Gasteiger partial charge in [0.15, 0.2) is 0 Å². The van der Waals surface area contributed by atoms with Gasteiger partial charge in [0, 0.05) is 24.8 Å². The Morgan fingerprint density at radius 3 is 2.92 bits per heavy atom. The lowest BCUT2D eigenvalue weighted by atomic mass is 9.91. The molecule has 130 valence electrons. The Morgan fingerprint density at radius 1 is 1.50 bits per heavy atom. The van der Waals surface area contributed by atoms with Crippen LogP contribution in [0.1, 0.15) is 61.3 Å². The molecule has 1 saturated heterocycles.